The van der Waals surface area contributed by atoms with Gasteiger partial charge < -0.3 is 15.3 Å². The Labute approximate surface area is 156 Å². The van der Waals surface area contributed by atoms with Crippen molar-refractivity contribution in [2.45, 2.75) is 32.2 Å². The van der Waals surface area contributed by atoms with Crippen LogP contribution in [-0.4, -0.2) is 46.9 Å². The number of halogens is 2. The Hall–Kier alpha value is -1.79. The summed E-state index contributed by atoms with van der Waals surface area (Å²) in [6.07, 6.45) is 1.24. The van der Waals surface area contributed by atoms with Crippen LogP contribution in [0.1, 0.15) is 36.5 Å². The van der Waals surface area contributed by atoms with Crippen molar-refractivity contribution in [1.82, 2.24) is 10.2 Å². The molecule has 1 saturated heterocycles. The number of carboxylic acid groups (broad SMARTS) is 1. The van der Waals surface area contributed by atoms with Gasteiger partial charge in [-0.3, -0.25) is 14.4 Å². The summed E-state index contributed by atoms with van der Waals surface area (Å²) in [4.78, 5) is 37.2. The first-order chi connectivity index (χ1) is 11.8. The number of rotatable bonds is 5. The number of aliphatic carboxylic acids is 1. The Morgan fingerprint density at radius 3 is 2.68 bits per heavy atom. The lowest BCUT2D eigenvalue weighted by Gasteiger charge is -2.32. The lowest BCUT2D eigenvalue weighted by Crippen LogP contribution is -2.47. The molecule has 0 radical (unpaired) electrons. The number of hydrogen-bond donors (Lipinski definition) is 2. The van der Waals surface area contributed by atoms with Crippen LogP contribution in [0.5, 0.6) is 0 Å². The Kier molecular flexibility index (Phi) is 6.67. The van der Waals surface area contributed by atoms with Gasteiger partial charge in [-0.25, -0.2) is 0 Å². The maximum absolute atomic E-state index is 12.6. The van der Waals surface area contributed by atoms with Crippen LogP contribution in [0.2, 0.25) is 10.0 Å². The fourth-order valence-electron chi connectivity index (χ4n) is 2.86. The van der Waals surface area contributed by atoms with Crippen LogP contribution < -0.4 is 5.32 Å². The lowest BCUT2D eigenvalue weighted by molar-refractivity contribution is -0.137. The van der Waals surface area contributed by atoms with Gasteiger partial charge in [-0.15, -0.1) is 0 Å². The van der Waals surface area contributed by atoms with Crippen molar-refractivity contribution in [3.05, 3.63) is 33.8 Å². The summed E-state index contributed by atoms with van der Waals surface area (Å²) in [6, 6.07) is 4.24. The molecule has 136 valence electrons. The molecule has 8 heteroatoms. The van der Waals surface area contributed by atoms with E-state index in [1.54, 1.807) is 24.0 Å². The van der Waals surface area contributed by atoms with Gasteiger partial charge in [0.15, 0.2) is 0 Å². The van der Waals surface area contributed by atoms with Crippen LogP contribution in [0.25, 0.3) is 0 Å². The molecule has 6 nitrogen and oxygen atoms in total. The second kappa shape index (κ2) is 8.54. The molecule has 2 rings (SSSR count). The topological polar surface area (TPSA) is 86.7 Å². The molecule has 2 amide bonds. The molecule has 1 aliphatic heterocycles. The van der Waals surface area contributed by atoms with Gasteiger partial charge >= 0.3 is 5.97 Å². The number of likely N-dealkylation sites (tertiary alicyclic amines) is 1. The van der Waals surface area contributed by atoms with Crippen LogP contribution in [-0.2, 0) is 9.59 Å². The van der Waals surface area contributed by atoms with Crippen molar-refractivity contribution >= 4 is 41.0 Å². The fraction of sp³-hybridized carbons (Fsp3) is 0.471. The molecule has 0 aliphatic carbocycles. The Balaban J connectivity index is 1.99. The van der Waals surface area contributed by atoms with E-state index in [0.29, 0.717) is 41.5 Å². The van der Waals surface area contributed by atoms with Crippen molar-refractivity contribution in [2.24, 2.45) is 5.92 Å². The normalized spacial score (nSPS) is 18.5. The van der Waals surface area contributed by atoms with E-state index in [4.69, 9.17) is 28.3 Å². The molecule has 25 heavy (non-hydrogen) atoms. The molecule has 1 heterocycles. The predicted octanol–water partition coefficient (Wildman–Crippen LogP) is 2.83. The zero-order valence-corrected chi connectivity index (χ0v) is 15.3. The summed E-state index contributed by atoms with van der Waals surface area (Å²) < 4.78 is 0. The van der Waals surface area contributed by atoms with Crippen LogP contribution >= 0.6 is 23.2 Å². The van der Waals surface area contributed by atoms with Gasteiger partial charge in [0.1, 0.15) is 0 Å². The molecular weight excluding hydrogens is 367 g/mol. The van der Waals surface area contributed by atoms with E-state index in [1.165, 1.54) is 6.07 Å². The van der Waals surface area contributed by atoms with Crippen molar-refractivity contribution in [1.29, 1.82) is 0 Å². The van der Waals surface area contributed by atoms with Crippen LogP contribution in [0.4, 0.5) is 0 Å². The van der Waals surface area contributed by atoms with Crippen molar-refractivity contribution in [2.75, 3.05) is 13.1 Å². The first-order valence-corrected chi connectivity index (χ1v) is 8.80. The monoisotopic (exact) mass is 386 g/mol. The average Bonchev–Trinajstić information content (AvgIpc) is 2.56. The molecule has 1 aliphatic rings. The molecule has 2 N–H and O–H groups in total. The Bertz CT molecular complexity index is 681. The van der Waals surface area contributed by atoms with Crippen LogP contribution in [0.15, 0.2) is 18.2 Å². The van der Waals surface area contributed by atoms with Crippen LogP contribution in [0, 0.1) is 5.92 Å². The van der Waals surface area contributed by atoms with Crippen LogP contribution in [0.3, 0.4) is 0 Å². The molecule has 0 bridgehead atoms. The number of amides is 2. The second-order valence-electron chi connectivity index (χ2n) is 6.23. The largest absolute Gasteiger partial charge is 0.481 e. The predicted molar refractivity (Wildman–Crippen MR) is 94.9 cm³/mol. The highest BCUT2D eigenvalue weighted by Crippen LogP contribution is 2.25. The van der Waals surface area contributed by atoms with Gasteiger partial charge in [0.2, 0.25) is 5.91 Å². The minimum atomic E-state index is -0.965. The van der Waals surface area contributed by atoms with E-state index >= 15 is 0 Å². The van der Waals surface area contributed by atoms with E-state index in [2.05, 4.69) is 5.32 Å². The minimum absolute atomic E-state index is 0.135. The molecule has 0 saturated carbocycles. The van der Waals surface area contributed by atoms with Gasteiger partial charge in [-0.2, -0.15) is 0 Å². The van der Waals surface area contributed by atoms with Gasteiger partial charge in [-0.05, 0) is 38.0 Å². The van der Waals surface area contributed by atoms with E-state index in [-0.39, 0.29) is 24.2 Å². The number of piperidine rings is 1. The SMILES string of the molecule is CC(CC(=O)O)NC(=O)C1CCCN(C(=O)c2ccc(Cl)c(Cl)c2)C1. The first kappa shape index (κ1) is 19.5. The summed E-state index contributed by atoms with van der Waals surface area (Å²) in [6.45, 7) is 2.51. The van der Waals surface area contributed by atoms with Gasteiger partial charge in [0, 0.05) is 24.7 Å². The third-order valence-electron chi connectivity index (χ3n) is 4.12. The molecule has 2 atom stereocenters. The number of hydrogen-bond acceptors (Lipinski definition) is 3. The molecule has 0 aromatic heterocycles. The van der Waals surface area contributed by atoms with E-state index in [9.17, 15) is 14.4 Å². The van der Waals surface area contributed by atoms with Gasteiger partial charge in [-0.1, -0.05) is 23.2 Å². The maximum atomic E-state index is 12.6. The van der Waals surface area contributed by atoms with Crippen molar-refractivity contribution in [3.63, 3.8) is 0 Å². The van der Waals surface area contributed by atoms with E-state index < -0.39 is 12.0 Å². The third kappa shape index (κ3) is 5.34. The van der Waals surface area contributed by atoms with Gasteiger partial charge in [0.25, 0.3) is 5.91 Å². The van der Waals surface area contributed by atoms with E-state index in [1.807, 2.05) is 0 Å². The molecule has 2 unspecified atom stereocenters. The minimum Gasteiger partial charge on any atom is -0.481 e. The number of nitrogens with zero attached hydrogens (tertiary/aromatic N) is 1. The quantitative estimate of drug-likeness (QED) is 0.814. The zero-order chi connectivity index (χ0) is 18.6. The second-order valence-corrected chi connectivity index (χ2v) is 7.04. The summed E-state index contributed by atoms with van der Waals surface area (Å²) in [5.74, 6) is -1.74. The first-order valence-electron chi connectivity index (χ1n) is 8.04. The third-order valence-corrected chi connectivity index (χ3v) is 4.85. The highest BCUT2D eigenvalue weighted by Gasteiger charge is 2.29. The Morgan fingerprint density at radius 1 is 1.32 bits per heavy atom. The number of carbonyl (C=O) groups excluding carboxylic acids is 2. The molecule has 1 aromatic carbocycles. The molecule has 0 spiro atoms. The summed E-state index contributed by atoms with van der Waals surface area (Å²) in [5, 5.41) is 12.1. The molecule has 1 aromatic rings. The summed E-state index contributed by atoms with van der Waals surface area (Å²) in [7, 11) is 0. The highest BCUT2D eigenvalue weighted by molar-refractivity contribution is 6.42. The maximum Gasteiger partial charge on any atom is 0.305 e. The van der Waals surface area contributed by atoms with E-state index in [0.717, 1.165) is 0 Å². The number of benzene rings is 1. The lowest BCUT2D eigenvalue weighted by atomic mass is 9.96. The van der Waals surface area contributed by atoms with Gasteiger partial charge in [0.05, 0.1) is 22.4 Å². The molecule has 1 fully saturated rings. The zero-order valence-electron chi connectivity index (χ0n) is 13.8. The summed E-state index contributed by atoms with van der Waals surface area (Å²) in [5.41, 5.74) is 0.426. The number of carbonyl (C=O) groups is 3. The standard InChI is InChI=1S/C17H20Cl2N2O4/c1-10(7-15(22)23)20-16(24)12-3-2-6-21(9-12)17(25)11-4-5-13(18)14(19)8-11/h4-5,8,10,12H,2-3,6-7,9H2,1H3,(H,20,24)(H,22,23). The number of carboxylic acids is 1. The fourth-order valence-corrected chi connectivity index (χ4v) is 3.16. The van der Waals surface area contributed by atoms with Crippen molar-refractivity contribution in [3.8, 4) is 0 Å². The smallest absolute Gasteiger partial charge is 0.305 e. The Morgan fingerprint density at radius 2 is 2.04 bits per heavy atom. The average molecular weight is 387 g/mol. The number of nitrogens with one attached hydrogen (secondary N) is 1. The van der Waals surface area contributed by atoms with Crippen molar-refractivity contribution < 1.29 is 19.5 Å². The summed E-state index contributed by atoms with van der Waals surface area (Å²) >= 11 is 11.8. The molecular formula is C17H20Cl2N2O4. The highest BCUT2D eigenvalue weighted by atomic mass is 35.5.